The second kappa shape index (κ2) is 10.3. The van der Waals surface area contributed by atoms with Crippen LogP contribution in [-0.2, 0) is 29.2 Å². The Hall–Kier alpha value is -2.98. The Bertz CT molecular complexity index is 1230. The number of amides is 2. The summed E-state index contributed by atoms with van der Waals surface area (Å²) in [6, 6.07) is 15.5. The highest BCUT2D eigenvalue weighted by molar-refractivity contribution is 8.09. The molecule has 0 fully saturated rings. The molecule has 2 atom stereocenters. The number of hydrogen-bond donors (Lipinski definition) is 3. The van der Waals surface area contributed by atoms with Crippen LogP contribution in [0.1, 0.15) is 33.7 Å². The largest absolute Gasteiger partial charge is 0.380 e. The Balaban J connectivity index is 1.16. The van der Waals surface area contributed by atoms with Crippen molar-refractivity contribution < 1.29 is 19.8 Å². The van der Waals surface area contributed by atoms with Gasteiger partial charge in [0.05, 0.1) is 0 Å². The maximum Gasteiger partial charge on any atom is 0.255 e. The van der Waals surface area contributed by atoms with E-state index >= 15 is 0 Å². The van der Waals surface area contributed by atoms with Gasteiger partial charge in [-0.05, 0) is 28.7 Å². The first kappa shape index (κ1) is 23.7. The molecule has 180 valence electrons. The van der Waals surface area contributed by atoms with E-state index in [0.717, 1.165) is 39.4 Å². The lowest BCUT2D eigenvalue weighted by Crippen LogP contribution is -2.49. The lowest BCUT2D eigenvalue weighted by molar-refractivity contribution is -0.153. The third-order valence-electron chi connectivity index (χ3n) is 6.22. The highest BCUT2D eigenvalue weighted by Gasteiger charge is 2.35. The van der Waals surface area contributed by atoms with E-state index in [2.05, 4.69) is 10.3 Å². The van der Waals surface area contributed by atoms with E-state index < -0.39 is 24.0 Å². The summed E-state index contributed by atoms with van der Waals surface area (Å²) in [6.07, 6.45) is -0.843. The molecule has 0 aliphatic carbocycles. The van der Waals surface area contributed by atoms with E-state index in [4.69, 9.17) is 0 Å². The number of nitrogens with zero attached hydrogens (tertiary/aromatic N) is 2. The van der Waals surface area contributed by atoms with Gasteiger partial charge in [-0.1, -0.05) is 48.5 Å². The van der Waals surface area contributed by atoms with Crippen LogP contribution in [0.5, 0.6) is 0 Å². The predicted octanol–water partition coefficient (Wildman–Crippen LogP) is 3.03. The van der Waals surface area contributed by atoms with Crippen LogP contribution in [-0.4, -0.2) is 49.9 Å². The van der Waals surface area contributed by atoms with Crippen molar-refractivity contribution in [2.45, 2.75) is 38.3 Å². The quantitative estimate of drug-likeness (QED) is 0.454. The van der Waals surface area contributed by atoms with Gasteiger partial charge in [-0.25, -0.2) is 4.98 Å². The molecule has 0 unspecified atom stereocenters. The minimum Gasteiger partial charge on any atom is -0.380 e. The maximum absolute atomic E-state index is 12.6. The number of allylic oxidation sites excluding steroid dienone is 1. The smallest absolute Gasteiger partial charge is 0.255 e. The van der Waals surface area contributed by atoms with Crippen molar-refractivity contribution in [2.24, 2.45) is 0 Å². The molecule has 0 saturated carbocycles. The Labute approximate surface area is 211 Å². The average Bonchev–Trinajstić information content (AvgIpc) is 3.66. The lowest BCUT2D eigenvalue weighted by Gasteiger charge is -2.22. The Morgan fingerprint density at radius 1 is 1.03 bits per heavy atom. The summed E-state index contributed by atoms with van der Waals surface area (Å²) in [5, 5.41) is 26.3. The van der Waals surface area contributed by atoms with E-state index in [0.29, 0.717) is 13.1 Å². The number of aliphatic hydroxyl groups excluding tert-OH is 2. The van der Waals surface area contributed by atoms with Gasteiger partial charge in [-0.3, -0.25) is 9.59 Å². The van der Waals surface area contributed by atoms with Gasteiger partial charge in [-0.15, -0.1) is 23.1 Å². The fraction of sp³-hybridized carbons (Fsp3) is 0.269. The first-order valence-corrected chi connectivity index (χ1v) is 13.2. The standard InChI is InChI=1S/C26H25N3O4S2/c30-21(22(31)26(33)29-14-18-3-1-2-4-19(18)15-29)24(32)28-13-16-5-7-17(8-6-16)23-20(9-11-34-23)25-27-10-12-35-25/h1-8,10,12,21-22,30-31H,9,11,13-15H2,(H,28,32)/t21-,22-/m1/s1. The Kier molecular flexibility index (Phi) is 7.01. The lowest BCUT2D eigenvalue weighted by atomic mass is 10.1. The number of aliphatic hydroxyl groups is 2. The number of carbonyl (C=O) groups is 2. The fourth-order valence-electron chi connectivity index (χ4n) is 4.31. The summed E-state index contributed by atoms with van der Waals surface area (Å²) >= 11 is 3.47. The number of thiazole rings is 1. The van der Waals surface area contributed by atoms with Crippen LogP contribution < -0.4 is 5.32 Å². The zero-order valence-electron chi connectivity index (χ0n) is 18.9. The zero-order valence-corrected chi connectivity index (χ0v) is 20.5. The SMILES string of the molecule is O=C(NCc1ccc(C2=C(c3nccs3)CCS2)cc1)[C@H](O)[C@@H](O)C(=O)N1Cc2ccccc2C1. The van der Waals surface area contributed by atoms with Gasteiger partial charge >= 0.3 is 0 Å². The topological polar surface area (TPSA) is 103 Å². The predicted molar refractivity (Wildman–Crippen MR) is 137 cm³/mol. The molecule has 3 heterocycles. The Morgan fingerprint density at radius 3 is 2.40 bits per heavy atom. The first-order valence-electron chi connectivity index (χ1n) is 11.4. The summed E-state index contributed by atoms with van der Waals surface area (Å²) in [5.74, 6) is -0.414. The molecule has 0 radical (unpaired) electrons. The molecule has 0 spiro atoms. The van der Waals surface area contributed by atoms with E-state index in [1.54, 1.807) is 11.3 Å². The van der Waals surface area contributed by atoms with Gasteiger partial charge in [0.1, 0.15) is 5.01 Å². The number of carbonyl (C=O) groups excluding carboxylic acids is 2. The first-order chi connectivity index (χ1) is 17.0. The van der Waals surface area contributed by atoms with Crippen molar-refractivity contribution in [3.05, 3.63) is 87.4 Å². The molecule has 2 aliphatic heterocycles. The maximum atomic E-state index is 12.6. The summed E-state index contributed by atoms with van der Waals surface area (Å²) in [4.78, 5) is 32.2. The monoisotopic (exact) mass is 507 g/mol. The van der Waals surface area contributed by atoms with Crippen LogP contribution in [0.15, 0.2) is 60.1 Å². The summed E-state index contributed by atoms with van der Waals surface area (Å²) in [6.45, 7) is 0.884. The molecule has 0 saturated heterocycles. The molecule has 3 aromatic rings. The van der Waals surface area contributed by atoms with Crippen LogP contribution in [0.3, 0.4) is 0 Å². The van der Waals surface area contributed by atoms with Gasteiger partial charge in [0.25, 0.3) is 11.8 Å². The second-order valence-electron chi connectivity index (χ2n) is 8.51. The molecular weight excluding hydrogens is 482 g/mol. The van der Waals surface area contributed by atoms with Crippen molar-refractivity contribution in [2.75, 3.05) is 5.75 Å². The van der Waals surface area contributed by atoms with Crippen molar-refractivity contribution >= 4 is 45.4 Å². The molecule has 3 N–H and O–H groups in total. The highest BCUT2D eigenvalue weighted by Crippen LogP contribution is 2.44. The molecular formula is C26H25N3O4S2. The third-order valence-corrected chi connectivity index (χ3v) is 8.23. The van der Waals surface area contributed by atoms with Crippen molar-refractivity contribution in [3.63, 3.8) is 0 Å². The molecule has 1 aromatic heterocycles. The van der Waals surface area contributed by atoms with E-state index in [-0.39, 0.29) is 6.54 Å². The number of nitrogens with one attached hydrogen (secondary N) is 1. The molecule has 0 bridgehead atoms. The number of fused-ring (bicyclic) bond motifs is 1. The van der Waals surface area contributed by atoms with Crippen molar-refractivity contribution in [1.29, 1.82) is 0 Å². The van der Waals surface area contributed by atoms with Crippen molar-refractivity contribution in [3.8, 4) is 0 Å². The van der Waals surface area contributed by atoms with Crippen LogP contribution >= 0.6 is 23.1 Å². The average molecular weight is 508 g/mol. The minimum absolute atomic E-state index is 0.178. The normalized spacial score (nSPS) is 16.8. The molecule has 2 aliphatic rings. The van der Waals surface area contributed by atoms with Gasteiger partial charge in [0.2, 0.25) is 0 Å². The van der Waals surface area contributed by atoms with Crippen LogP contribution in [0, 0.1) is 0 Å². The minimum atomic E-state index is -1.84. The van der Waals surface area contributed by atoms with Gasteiger partial charge in [0, 0.05) is 47.4 Å². The number of hydrogen-bond acceptors (Lipinski definition) is 7. The fourth-order valence-corrected chi connectivity index (χ4v) is 6.28. The summed E-state index contributed by atoms with van der Waals surface area (Å²) in [5.41, 5.74) is 5.24. The van der Waals surface area contributed by atoms with Gasteiger partial charge in [0.15, 0.2) is 12.2 Å². The van der Waals surface area contributed by atoms with E-state index in [9.17, 15) is 19.8 Å². The second-order valence-corrected chi connectivity index (χ2v) is 10.5. The summed E-state index contributed by atoms with van der Waals surface area (Å²) < 4.78 is 0. The van der Waals surface area contributed by atoms with Gasteiger partial charge < -0.3 is 20.4 Å². The molecule has 2 aromatic carbocycles. The van der Waals surface area contributed by atoms with Crippen LogP contribution in [0.4, 0.5) is 0 Å². The zero-order chi connectivity index (χ0) is 24.4. The molecule has 5 rings (SSSR count). The van der Waals surface area contributed by atoms with Crippen LogP contribution in [0.25, 0.3) is 10.5 Å². The van der Waals surface area contributed by atoms with Gasteiger partial charge in [-0.2, -0.15) is 0 Å². The van der Waals surface area contributed by atoms with E-state index in [1.165, 1.54) is 15.4 Å². The number of aromatic nitrogens is 1. The van der Waals surface area contributed by atoms with Crippen molar-refractivity contribution in [1.82, 2.24) is 15.2 Å². The molecule has 2 amide bonds. The van der Waals surface area contributed by atoms with Crippen LogP contribution in [0.2, 0.25) is 0 Å². The van der Waals surface area contributed by atoms with E-state index in [1.807, 2.05) is 71.9 Å². The molecule has 35 heavy (non-hydrogen) atoms. The Morgan fingerprint density at radius 2 is 1.74 bits per heavy atom. The third kappa shape index (κ3) is 5.04. The summed E-state index contributed by atoms with van der Waals surface area (Å²) in [7, 11) is 0. The highest BCUT2D eigenvalue weighted by atomic mass is 32.2. The molecule has 9 heteroatoms. The number of rotatable bonds is 7. The number of thioether (sulfide) groups is 1. The number of benzene rings is 2. The molecule has 7 nitrogen and oxygen atoms in total.